The molecule has 9 nitrogen and oxygen atoms in total. The molecule has 1 aliphatic heterocycles. The lowest BCUT2D eigenvalue weighted by Crippen LogP contribution is -2.52. The number of nitrogens with zero attached hydrogens (tertiary/aromatic N) is 1. The van der Waals surface area contributed by atoms with Gasteiger partial charge in [-0.3, -0.25) is 4.79 Å². The van der Waals surface area contributed by atoms with E-state index in [4.69, 9.17) is 33.2 Å². The van der Waals surface area contributed by atoms with E-state index < -0.39 is 0 Å². The minimum Gasteiger partial charge on any atom is -0.493 e. The summed E-state index contributed by atoms with van der Waals surface area (Å²) in [6.45, 7) is 3.54. The molecule has 9 heteroatoms. The summed E-state index contributed by atoms with van der Waals surface area (Å²) in [5.74, 6) is 3.41. The van der Waals surface area contributed by atoms with E-state index in [0.717, 1.165) is 41.5 Å². The quantitative estimate of drug-likeness (QED) is 0.237. The summed E-state index contributed by atoms with van der Waals surface area (Å²) in [6, 6.07) is 6.05. The fraction of sp³-hybridized carbons (Fsp3) is 0.536. The Balaban J connectivity index is 2.14. The van der Waals surface area contributed by atoms with Crippen molar-refractivity contribution in [2.75, 3.05) is 69.4 Å². The minimum absolute atomic E-state index is 0.0126. The predicted octanol–water partition coefficient (Wildman–Crippen LogP) is 3.98. The zero-order valence-corrected chi connectivity index (χ0v) is 23.3. The molecule has 0 radical (unpaired) electrons. The summed E-state index contributed by atoms with van der Waals surface area (Å²) in [6.07, 6.45) is 2.27. The van der Waals surface area contributed by atoms with Gasteiger partial charge in [0.05, 0.1) is 75.0 Å². The molecule has 0 saturated carbocycles. The fourth-order valence-electron chi connectivity index (χ4n) is 5.35. The Bertz CT molecular complexity index is 1080. The van der Waals surface area contributed by atoms with E-state index in [1.54, 1.807) is 42.7 Å². The van der Waals surface area contributed by atoms with Gasteiger partial charge in [-0.1, -0.05) is 0 Å². The van der Waals surface area contributed by atoms with Crippen molar-refractivity contribution in [3.63, 3.8) is 0 Å². The van der Waals surface area contributed by atoms with Crippen molar-refractivity contribution in [3.05, 3.63) is 34.9 Å². The van der Waals surface area contributed by atoms with E-state index >= 15 is 0 Å². The average molecular weight is 519 g/mol. The van der Waals surface area contributed by atoms with Crippen LogP contribution in [0.3, 0.4) is 0 Å². The molecule has 2 unspecified atom stereocenters. The Kier molecular flexibility index (Phi) is 9.37. The molecule has 3 rings (SSSR count). The second kappa shape index (κ2) is 12.3. The summed E-state index contributed by atoms with van der Waals surface area (Å²) in [4.78, 5) is 11.3. The van der Waals surface area contributed by atoms with Gasteiger partial charge in [0.1, 0.15) is 6.04 Å². The third-order valence-corrected chi connectivity index (χ3v) is 7.20. The molecule has 37 heavy (non-hydrogen) atoms. The monoisotopic (exact) mass is 518 g/mol. The highest BCUT2D eigenvalue weighted by atomic mass is 16.5. The van der Waals surface area contributed by atoms with Gasteiger partial charge < -0.3 is 37.6 Å². The maximum absolute atomic E-state index is 11.3. The van der Waals surface area contributed by atoms with Crippen molar-refractivity contribution in [1.29, 1.82) is 0 Å². The lowest BCUT2D eigenvalue weighted by molar-refractivity contribution is -0.941. The van der Waals surface area contributed by atoms with Crippen LogP contribution >= 0.6 is 0 Å². The first-order valence-corrected chi connectivity index (χ1v) is 12.3. The Hall–Kier alpha value is -3.33. The lowest BCUT2D eigenvalue weighted by Gasteiger charge is -2.46. The first-order chi connectivity index (χ1) is 17.8. The summed E-state index contributed by atoms with van der Waals surface area (Å²) in [7, 11) is 12.0. The number of esters is 1. The van der Waals surface area contributed by atoms with Crippen LogP contribution in [0, 0.1) is 0 Å². The van der Waals surface area contributed by atoms with Crippen LogP contribution in [0.25, 0.3) is 0 Å². The van der Waals surface area contributed by atoms with Gasteiger partial charge in [0.25, 0.3) is 0 Å². The van der Waals surface area contributed by atoms with Crippen LogP contribution in [0.1, 0.15) is 36.1 Å². The number of likely N-dealkylation sites (N-methyl/N-ethyl adjacent to an activating group) is 1. The molecule has 1 aliphatic rings. The van der Waals surface area contributed by atoms with Gasteiger partial charge >= 0.3 is 5.97 Å². The van der Waals surface area contributed by atoms with E-state index in [9.17, 15) is 4.79 Å². The molecule has 2 aromatic carbocycles. The number of ether oxygens (including phenoxy) is 7. The average Bonchev–Trinajstić information content (AvgIpc) is 2.90. The van der Waals surface area contributed by atoms with Crippen LogP contribution in [0.5, 0.6) is 34.5 Å². The fourth-order valence-corrected chi connectivity index (χ4v) is 5.35. The third-order valence-electron chi connectivity index (χ3n) is 7.20. The number of carbonyl (C=O) groups excluding carboxylic acids is 1. The summed E-state index contributed by atoms with van der Waals surface area (Å²) < 4.78 is 40.1. The van der Waals surface area contributed by atoms with Crippen LogP contribution in [0.4, 0.5) is 0 Å². The topological polar surface area (TPSA) is 81.7 Å². The first-order valence-electron chi connectivity index (χ1n) is 12.3. The maximum Gasteiger partial charge on any atom is 0.302 e. The smallest absolute Gasteiger partial charge is 0.302 e. The molecular weight excluding hydrogens is 478 g/mol. The molecule has 0 fully saturated rings. The number of benzene rings is 2. The standard InChI is InChI=1S/C28H40NO8/c1-18(30)37-13-9-11-29(2)12-10-20-17-24(33-5)27(35-7)28(36-8)25(20)21(29)14-19-15-22(31-3)26(34-6)23(16-19)32-4/h15-17,21H,9-14H2,1-8H3/q+1. The van der Waals surface area contributed by atoms with Crippen molar-refractivity contribution in [2.45, 2.75) is 32.2 Å². The second-order valence-corrected chi connectivity index (χ2v) is 9.34. The molecule has 204 valence electrons. The first kappa shape index (κ1) is 28.2. The normalized spacial score (nSPS) is 18.4. The summed E-state index contributed by atoms with van der Waals surface area (Å²) >= 11 is 0. The molecule has 2 atom stereocenters. The maximum atomic E-state index is 11.3. The molecule has 0 aliphatic carbocycles. The Morgan fingerprint density at radius 3 is 1.92 bits per heavy atom. The van der Waals surface area contributed by atoms with Gasteiger partial charge in [0.15, 0.2) is 23.0 Å². The Labute approximate surface area is 219 Å². The number of carbonyl (C=O) groups is 1. The zero-order valence-electron chi connectivity index (χ0n) is 23.3. The lowest BCUT2D eigenvalue weighted by atomic mass is 9.85. The highest BCUT2D eigenvalue weighted by Gasteiger charge is 2.43. The van der Waals surface area contributed by atoms with Gasteiger partial charge in [-0.15, -0.1) is 0 Å². The van der Waals surface area contributed by atoms with Gasteiger partial charge in [-0.25, -0.2) is 0 Å². The van der Waals surface area contributed by atoms with Crippen LogP contribution in [0.15, 0.2) is 18.2 Å². The molecule has 1 heterocycles. The molecular formula is C28H40NO8+. The zero-order chi connectivity index (χ0) is 27.2. The minimum atomic E-state index is -0.265. The highest BCUT2D eigenvalue weighted by Crippen LogP contribution is 2.50. The SMILES string of the molecule is COc1cc(CC2c3c(cc(OC)c(OC)c3OC)CC[N+]2(C)CCCOC(C)=O)cc(OC)c1OC. The number of quaternary nitrogens is 1. The van der Waals surface area contributed by atoms with Gasteiger partial charge in [0, 0.05) is 26.2 Å². The molecule has 0 saturated heterocycles. The molecule has 0 bridgehead atoms. The largest absolute Gasteiger partial charge is 0.493 e. The van der Waals surface area contributed by atoms with Crippen molar-refractivity contribution in [3.8, 4) is 34.5 Å². The molecule has 0 amide bonds. The number of hydrogen-bond donors (Lipinski definition) is 0. The van der Waals surface area contributed by atoms with Crippen molar-refractivity contribution in [1.82, 2.24) is 0 Å². The number of hydrogen-bond acceptors (Lipinski definition) is 8. The van der Waals surface area contributed by atoms with Crippen LogP contribution in [0.2, 0.25) is 0 Å². The predicted molar refractivity (Wildman–Crippen MR) is 140 cm³/mol. The van der Waals surface area contributed by atoms with Crippen molar-refractivity contribution < 1.29 is 42.4 Å². The van der Waals surface area contributed by atoms with E-state index in [2.05, 4.69) is 13.1 Å². The molecule has 0 N–H and O–H groups in total. The van der Waals surface area contributed by atoms with Crippen molar-refractivity contribution >= 4 is 5.97 Å². The van der Waals surface area contributed by atoms with Crippen LogP contribution < -0.4 is 28.4 Å². The number of fused-ring (bicyclic) bond motifs is 1. The number of methoxy groups -OCH3 is 6. The van der Waals surface area contributed by atoms with Gasteiger partial charge in [-0.05, 0) is 29.3 Å². The highest BCUT2D eigenvalue weighted by molar-refractivity contribution is 5.65. The third kappa shape index (κ3) is 5.82. The summed E-state index contributed by atoms with van der Waals surface area (Å²) in [5, 5.41) is 0. The molecule has 0 spiro atoms. The Morgan fingerprint density at radius 1 is 0.838 bits per heavy atom. The molecule has 0 aromatic heterocycles. The van der Waals surface area contributed by atoms with Crippen LogP contribution in [-0.4, -0.2) is 79.9 Å². The van der Waals surface area contributed by atoms with Crippen molar-refractivity contribution in [2.24, 2.45) is 0 Å². The van der Waals surface area contributed by atoms with E-state index in [1.807, 2.05) is 12.1 Å². The summed E-state index contributed by atoms with van der Waals surface area (Å²) in [5.41, 5.74) is 3.30. The van der Waals surface area contributed by atoms with E-state index in [1.165, 1.54) is 12.5 Å². The van der Waals surface area contributed by atoms with E-state index in [-0.39, 0.29) is 12.0 Å². The molecule has 2 aromatic rings. The Morgan fingerprint density at radius 2 is 1.41 bits per heavy atom. The van der Waals surface area contributed by atoms with Gasteiger partial charge in [-0.2, -0.15) is 0 Å². The van der Waals surface area contributed by atoms with E-state index in [0.29, 0.717) is 47.5 Å². The second-order valence-electron chi connectivity index (χ2n) is 9.34. The number of rotatable bonds is 12. The van der Waals surface area contributed by atoms with Gasteiger partial charge in [0.2, 0.25) is 11.5 Å². The van der Waals surface area contributed by atoms with Crippen LogP contribution in [-0.2, 0) is 22.4 Å².